The highest BCUT2D eigenvalue weighted by Crippen LogP contribution is 2.19. The molecule has 5 heteroatoms. The topological polar surface area (TPSA) is 63.6 Å². The molecule has 0 radical (unpaired) electrons. The van der Waals surface area contributed by atoms with Gasteiger partial charge in [-0.3, -0.25) is 9.59 Å². The molecule has 0 saturated carbocycles. The summed E-state index contributed by atoms with van der Waals surface area (Å²) in [4.78, 5) is 23.1. The quantitative estimate of drug-likeness (QED) is 0.108. The van der Waals surface area contributed by atoms with E-state index in [4.69, 9.17) is 9.84 Å². The van der Waals surface area contributed by atoms with Crippen LogP contribution in [-0.2, 0) is 14.3 Å². The predicted molar refractivity (Wildman–Crippen MR) is 134 cm³/mol. The maximum atomic E-state index is 12.1. The SMILES string of the molecule is CCCCCCCCCCCCC(C)CCCCCC(=O)OC(CC(=O)O)C[N+](C)(C)C. The number of carbonyl (C=O) groups excluding carboxylic acids is 1. The summed E-state index contributed by atoms with van der Waals surface area (Å²) in [5.41, 5.74) is 0. The van der Waals surface area contributed by atoms with Gasteiger partial charge < -0.3 is 14.3 Å². The molecule has 0 spiro atoms. The van der Waals surface area contributed by atoms with Crippen molar-refractivity contribution < 1.29 is 23.9 Å². The minimum atomic E-state index is -0.923. The van der Waals surface area contributed by atoms with Crippen molar-refractivity contribution in [3.05, 3.63) is 0 Å². The Morgan fingerprint density at radius 3 is 1.72 bits per heavy atom. The Labute approximate surface area is 198 Å². The van der Waals surface area contributed by atoms with E-state index < -0.39 is 12.1 Å². The van der Waals surface area contributed by atoms with Crippen molar-refractivity contribution >= 4 is 11.9 Å². The van der Waals surface area contributed by atoms with E-state index in [9.17, 15) is 9.59 Å². The smallest absolute Gasteiger partial charge is 0.307 e. The van der Waals surface area contributed by atoms with Crippen LogP contribution in [0.2, 0.25) is 0 Å². The Morgan fingerprint density at radius 1 is 0.781 bits per heavy atom. The first-order valence-corrected chi connectivity index (χ1v) is 13.4. The van der Waals surface area contributed by atoms with E-state index >= 15 is 0 Å². The number of carbonyl (C=O) groups is 2. The molecule has 0 bridgehead atoms. The van der Waals surface area contributed by atoms with Gasteiger partial charge in [0.05, 0.1) is 27.6 Å². The third kappa shape index (κ3) is 22.1. The van der Waals surface area contributed by atoms with Crippen LogP contribution >= 0.6 is 0 Å². The monoisotopic (exact) mass is 456 g/mol. The Hall–Kier alpha value is -1.10. The number of unbranched alkanes of at least 4 members (excludes halogenated alkanes) is 11. The Kier molecular flexibility index (Phi) is 18.7. The molecule has 2 unspecified atom stereocenters. The molecule has 0 heterocycles. The van der Waals surface area contributed by atoms with Gasteiger partial charge in [0.25, 0.3) is 0 Å². The number of nitrogens with zero attached hydrogens (tertiary/aromatic N) is 1. The van der Waals surface area contributed by atoms with Crippen LogP contribution in [0.15, 0.2) is 0 Å². The minimum absolute atomic E-state index is 0.127. The molecular weight excluding hydrogens is 402 g/mol. The lowest BCUT2D eigenvalue weighted by Gasteiger charge is -2.28. The van der Waals surface area contributed by atoms with Gasteiger partial charge in [-0.2, -0.15) is 0 Å². The fourth-order valence-electron chi connectivity index (χ4n) is 4.26. The van der Waals surface area contributed by atoms with Crippen LogP contribution < -0.4 is 0 Å². The summed E-state index contributed by atoms with van der Waals surface area (Å²) >= 11 is 0. The molecule has 0 saturated heterocycles. The second-order valence-electron chi connectivity index (χ2n) is 10.9. The van der Waals surface area contributed by atoms with Gasteiger partial charge in [0.2, 0.25) is 0 Å². The molecule has 5 nitrogen and oxygen atoms in total. The lowest BCUT2D eigenvalue weighted by atomic mass is 9.96. The number of ether oxygens (including phenoxy) is 1. The Balaban J connectivity index is 3.68. The fourth-order valence-corrected chi connectivity index (χ4v) is 4.26. The molecule has 0 amide bonds. The number of aliphatic carboxylic acids is 1. The normalized spacial score (nSPS) is 13.7. The summed E-state index contributed by atoms with van der Waals surface area (Å²) in [6.07, 6.45) is 19.2. The van der Waals surface area contributed by atoms with Crippen molar-refractivity contribution in [2.24, 2.45) is 5.92 Å². The maximum absolute atomic E-state index is 12.1. The summed E-state index contributed by atoms with van der Waals surface area (Å²) in [6, 6.07) is 0. The molecule has 1 N–H and O–H groups in total. The molecule has 190 valence electrons. The van der Waals surface area contributed by atoms with Crippen molar-refractivity contribution in [2.75, 3.05) is 27.7 Å². The number of rotatable bonds is 22. The third-order valence-electron chi connectivity index (χ3n) is 6.08. The number of hydrogen-bond acceptors (Lipinski definition) is 3. The van der Waals surface area contributed by atoms with Crippen molar-refractivity contribution in [1.82, 2.24) is 0 Å². The zero-order chi connectivity index (χ0) is 24.2. The van der Waals surface area contributed by atoms with Crippen LogP contribution in [0.1, 0.15) is 123 Å². The van der Waals surface area contributed by atoms with Gasteiger partial charge >= 0.3 is 11.9 Å². The van der Waals surface area contributed by atoms with E-state index in [0.29, 0.717) is 17.4 Å². The summed E-state index contributed by atoms with van der Waals surface area (Å²) in [6.45, 7) is 5.13. The van der Waals surface area contributed by atoms with Gasteiger partial charge in [-0.1, -0.05) is 104 Å². The molecule has 0 aromatic carbocycles. The van der Waals surface area contributed by atoms with E-state index in [-0.39, 0.29) is 12.4 Å². The van der Waals surface area contributed by atoms with Gasteiger partial charge in [0.15, 0.2) is 6.10 Å². The van der Waals surface area contributed by atoms with Gasteiger partial charge in [-0.05, 0) is 12.3 Å². The molecule has 0 aliphatic carbocycles. The molecule has 0 rings (SSSR count). The zero-order valence-electron chi connectivity index (χ0n) is 22.0. The van der Waals surface area contributed by atoms with Crippen molar-refractivity contribution in [3.8, 4) is 0 Å². The van der Waals surface area contributed by atoms with E-state index in [1.54, 1.807) is 0 Å². The minimum Gasteiger partial charge on any atom is -0.481 e. The maximum Gasteiger partial charge on any atom is 0.307 e. The van der Waals surface area contributed by atoms with Gasteiger partial charge in [-0.25, -0.2) is 0 Å². The molecule has 32 heavy (non-hydrogen) atoms. The average molecular weight is 457 g/mol. The largest absolute Gasteiger partial charge is 0.481 e. The molecule has 0 aromatic heterocycles. The lowest BCUT2D eigenvalue weighted by Crippen LogP contribution is -2.43. The van der Waals surface area contributed by atoms with Crippen molar-refractivity contribution in [1.29, 1.82) is 0 Å². The number of likely N-dealkylation sites (N-methyl/N-ethyl adjacent to an activating group) is 1. The average Bonchev–Trinajstić information content (AvgIpc) is 2.67. The molecule has 0 aromatic rings. The Morgan fingerprint density at radius 2 is 1.25 bits per heavy atom. The van der Waals surface area contributed by atoms with E-state index in [1.807, 2.05) is 21.1 Å². The summed E-state index contributed by atoms with van der Waals surface area (Å²) in [5, 5.41) is 9.05. The van der Waals surface area contributed by atoms with Gasteiger partial charge in [0.1, 0.15) is 6.54 Å². The third-order valence-corrected chi connectivity index (χ3v) is 6.08. The standard InChI is InChI=1S/C27H53NO4/c1-6-7-8-9-10-11-12-13-14-16-19-24(2)20-17-15-18-21-27(31)32-25(22-26(29)30)23-28(3,4)5/h24-25H,6-23H2,1-5H3/p+1. The number of carboxylic acids is 1. The summed E-state index contributed by atoms with van der Waals surface area (Å²) < 4.78 is 6.02. The zero-order valence-corrected chi connectivity index (χ0v) is 22.0. The number of hydrogen-bond donors (Lipinski definition) is 1. The van der Waals surface area contributed by atoms with E-state index in [2.05, 4.69) is 13.8 Å². The second-order valence-corrected chi connectivity index (χ2v) is 10.9. The second kappa shape index (κ2) is 19.4. The van der Waals surface area contributed by atoms with Crippen LogP contribution in [0, 0.1) is 5.92 Å². The van der Waals surface area contributed by atoms with Crippen LogP contribution in [-0.4, -0.2) is 55.3 Å². The number of quaternary nitrogens is 1. The Bertz CT molecular complexity index is 473. The van der Waals surface area contributed by atoms with Crippen molar-refractivity contribution in [3.63, 3.8) is 0 Å². The fraction of sp³-hybridized carbons (Fsp3) is 0.926. The van der Waals surface area contributed by atoms with Crippen LogP contribution in [0.25, 0.3) is 0 Å². The predicted octanol–water partition coefficient (Wildman–Crippen LogP) is 6.98. The highest BCUT2D eigenvalue weighted by Gasteiger charge is 2.24. The summed E-state index contributed by atoms with van der Waals surface area (Å²) in [7, 11) is 5.92. The first-order valence-electron chi connectivity index (χ1n) is 13.4. The van der Waals surface area contributed by atoms with Crippen LogP contribution in [0.3, 0.4) is 0 Å². The van der Waals surface area contributed by atoms with Gasteiger partial charge in [0, 0.05) is 6.42 Å². The highest BCUT2D eigenvalue weighted by atomic mass is 16.5. The molecule has 2 atom stereocenters. The van der Waals surface area contributed by atoms with E-state index in [0.717, 1.165) is 25.2 Å². The van der Waals surface area contributed by atoms with Crippen LogP contribution in [0.4, 0.5) is 0 Å². The van der Waals surface area contributed by atoms with E-state index in [1.165, 1.54) is 77.0 Å². The van der Waals surface area contributed by atoms with Crippen molar-refractivity contribution in [2.45, 2.75) is 129 Å². The lowest BCUT2D eigenvalue weighted by molar-refractivity contribution is -0.873. The highest BCUT2D eigenvalue weighted by molar-refractivity contribution is 5.71. The van der Waals surface area contributed by atoms with Crippen LogP contribution in [0.5, 0.6) is 0 Å². The molecule has 0 fully saturated rings. The summed E-state index contributed by atoms with van der Waals surface area (Å²) in [5.74, 6) is -0.420. The first-order chi connectivity index (χ1) is 15.1. The molecule has 0 aliphatic rings. The van der Waals surface area contributed by atoms with Gasteiger partial charge in [-0.15, -0.1) is 0 Å². The number of carboxylic acid groups (broad SMARTS) is 1. The first kappa shape index (κ1) is 30.9. The molecule has 0 aliphatic heterocycles. The number of esters is 1. The molecular formula is C27H54NO4+.